The molecular formula is C13H14Cl2FNO3S. The minimum atomic E-state index is -4.14. The summed E-state index contributed by atoms with van der Waals surface area (Å²) in [6.45, 7) is 3.09. The van der Waals surface area contributed by atoms with Gasteiger partial charge in [0.1, 0.15) is 5.82 Å². The first-order valence-corrected chi connectivity index (χ1v) is 9.12. The van der Waals surface area contributed by atoms with Crippen molar-refractivity contribution in [1.29, 1.82) is 0 Å². The average molecular weight is 354 g/mol. The lowest BCUT2D eigenvalue weighted by molar-refractivity contribution is 0.0682. The quantitative estimate of drug-likeness (QED) is 0.766. The Morgan fingerprint density at radius 3 is 2.67 bits per heavy atom. The molecule has 0 radical (unpaired) electrons. The molecule has 0 saturated carbocycles. The summed E-state index contributed by atoms with van der Waals surface area (Å²) in [5.41, 5.74) is -0.176. The molecule has 1 aliphatic rings. The summed E-state index contributed by atoms with van der Waals surface area (Å²) >= 11 is 5.81. The monoisotopic (exact) mass is 353 g/mol. The normalized spacial score (nSPS) is 19.6. The fraction of sp³-hybridized carbons (Fsp3) is 0.462. The SMILES string of the molecule is CC1CCCN(C(=O)c2cc(S(=O)(=O)Cl)cc(F)c2Cl)C1. The second kappa shape index (κ2) is 6.10. The largest absolute Gasteiger partial charge is 0.338 e. The molecule has 1 aromatic rings. The number of carbonyl (C=O) groups is 1. The smallest absolute Gasteiger partial charge is 0.261 e. The maximum Gasteiger partial charge on any atom is 0.261 e. The number of likely N-dealkylation sites (tertiary alicyclic amines) is 1. The van der Waals surface area contributed by atoms with Gasteiger partial charge in [0, 0.05) is 23.8 Å². The van der Waals surface area contributed by atoms with Gasteiger partial charge in [0.15, 0.2) is 0 Å². The lowest BCUT2D eigenvalue weighted by Gasteiger charge is -2.31. The zero-order valence-corrected chi connectivity index (χ0v) is 13.6. The fourth-order valence-corrected chi connectivity index (χ4v) is 3.36. The third-order valence-electron chi connectivity index (χ3n) is 3.46. The van der Waals surface area contributed by atoms with Gasteiger partial charge in [-0.05, 0) is 30.9 Å². The molecule has 21 heavy (non-hydrogen) atoms. The molecule has 1 amide bonds. The zero-order valence-electron chi connectivity index (χ0n) is 11.3. The van der Waals surface area contributed by atoms with E-state index in [4.69, 9.17) is 22.3 Å². The van der Waals surface area contributed by atoms with Crippen LogP contribution < -0.4 is 0 Å². The second-order valence-electron chi connectivity index (χ2n) is 5.20. The molecule has 0 aliphatic carbocycles. The van der Waals surface area contributed by atoms with E-state index in [9.17, 15) is 17.6 Å². The van der Waals surface area contributed by atoms with Crippen molar-refractivity contribution in [3.05, 3.63) is 28.5 Å². The van der Waals surface area contributed by atoms with Gasteiger partial charge >= 0.3 is 0 Å². The molecule has 1 heterocycles. The molecule has 0 aromatic heterocycles. The van der Waals surface area contributed by atoms with E-state index >= 15 is 0 Å². The van der Waals surface area contributed by atoms with Crippen LogP contribution in [-0.2, 0) is 9.05 Å². The minimum absolute atomic E-state index is 0.176. The lowest BCUT2D eigenvalue weighted by Crippen LogP contribution is -2.39. The molecule has 1 aliphatic heterocycles. The van der Waals surface area contributed by atoms with E-state index in [0.29, 0.717) is 25.1 Å². The van der Waals surface area contributed by atoms with Crippen LogP contribution in [0.15, 0.2) is 17.0 Å². The summed E-state index contributed by atoms with van der Waals surface area (Å²) in [5, 5.41) is -0.387. The molecule has 2 rings (SSSR count). The Hall–Kier alpha value is -0.850. The van der Waals surface area contributed by atoms with E-state index in [2.05, 4.69) is 0 Å². The van der Waals surface area contributed by atoms with Gasteiger partial charge in [-0.25, -0.2) is 12.8 Å². The van der Waals surface area contributed by atoms with Crippen LogP contribution in [0, 0.1) is 11.7 Å². The topological polar surface area (TPSA) is 54.5 Å². The molecule has 1 fully saturated rings. The first-order valence-electron chi connectivity index (χ1n) is 6.43. The Labute approximate surface area is 132 Å². The third kappa shape index (κ3) is 3.67. The number of hydrogen-bond acceptors (Lipinski definition) is 3. The molecule has 1 atom stereocenters. The van der Waals surface area contributed by atoms with Crippen molar-refractivity contribution in [1.82, 2.24) is 4.90 Å². The summed E-state index contributed by atoms with van der Waals surface area (Å²) in [4.78, 5) is 13.5. The molecule has 4 nitrogen and oxygen atoms in total. The van der Waals surface area contributed by atoms with E-state index in [-0.39, 0.29) is 10.6 Å². The van der Waals surface area contributed by atoms with E-state index in [0.717, 1.165) is 18.9 Å². The second-order valence-corrected chi connectivity index (χ2v) is 8.15. The number of hydrogen-bond donors (Lipinski definition) is 0. The standard InChI is InChI=1S/C13H14Cl2FNO3S/c1-8-3-2-4-17(7-8)13(18)10-5-9(21(15,19)20)6-11(16)12(10)14/h5-6,8H,2-4,7H2,1H3. The van der Waals surface area contributed by atoms with E-state index in [1.165, 1.54) is 0 Å². The number of nitrogens with zero attached hydrogens (tertiary/aromatic N) is 1. The van der Waals surface area contributed by atoms with Crippen LogP contribution in [0.5, 0.6) is 0 Å². The summed E-state index contributed by atoms with van der Waals surface area (Å²) in [7, 11) is 1.07. The van der Waals surface area contributed by atoms with Crippen molar-refractivity contribution >= 4 is 37.2 Å². The molecule has 0 bridgehead atoms. The molecule has 1 saturated heterocycles. The average Bonchev–Trinajstić information content (AvgIpc) is 2.39. The van der Waals surface area contributed by atoms with Gasteiger partial charge in [-0.15, -0.1) is 0 Å². The lowest BCUT2D eigenvalue weighted by atomic mass is 9.99. The van der Waals surface area contributed by atoms with Crippen molar-refractivity contribution in [2.24, 2.45) is 5.92 Å². The van der Waals surface area contributed by atoms with Crippen molar-refractivity contribution in [2.75, 3.05) is 13.1 Å². The molecule has 0 spiro atoms. The highest BCUT2D eigenvalue weighted by molar-refractivity contribution is 8.13. The van der Waals surface area contributed by atoms with Crippen molar-refractivity contribution in [3.63, 3.8) is 0 Å². The number of amides is 1. The van der Waals surface area contributed by atoms with Crippen LogP contribution in [0.25, 0.3) is 0 Å². The van der Waals surface area contributed by atoms with Crippen LogP contribution in [0.2, 0.25) is 5.02 Å². The summed E-state index contributed by atoms with van der Waals surface area (Å²) in [6, 6.07) is 1.73. The van der Waals surface area contributed by atoms with Crippen LogP contribution in [0.1, 0.15) is 30.1 Å². The number of rotatable bonds is 2. The molecule has 116 valence electrons. The van der Waals surface area contributed by atoms with E-state index < -0.39 is 25.7 Å². The summed E-state index contributed by atoms with van der Waals surface area (Å²) < 4.78 is 36.4. The first kappa shape index (κ1) is 16.5. The first-order chi connectivity index (χ1) is 9.70. The summed E-state index contributed by atoms with van der Waals surface area (Å²) in [6.07, 6.45) is 1.86. The number of halogens is 3. The Balaban J connectivity index is 2.43. The van der Waals surface area contributed by atoms with Crippen molar-refractivity contribution in [3.8, 4) is 0 Å². The van der Waals surface area contributed by atoms with Gasteiger partial charge in [0.2, 0.25) is 0 Å². The predicted octanol–water partition coefficient (Wildman–Crippen LogP) is 3.28. The number of carbonyl (C=O) groups excluding carboxylic acids is 1. The van der Waals surface area contributed by atoms with Gasteiger partial charge < -0.3 is 4.90 Å². The Morgan fingerprint density at radius 1 is 1.43 bits per heavy atom. The van der Waals surface area contributed by atoms with Gasteiger partial charge in [0.25, 0.3) is 15.0 Å². The molecule has 1 aromatic carbocycles. The highest BCUT2D eigenvalue weighted by Crippen LogP contribution is 2.28. The van der Waals surface area contributed by atoms with Crippen LogP contribution >= 0.6 is 22.3 Å². The van der Waals surface area contributed by atoms with Crippen molar-refractivity contribution in [2.45, 2.75) is 24.7 Å². The maximum absolute atomic E-state index is 13.7. The highest BCUT2D eigenvalue weighted by Gasteiger charge is 2.26. The van der Waals surface area contributed by atoms with Gasteiger partial charge in [-0.3, -0.25) is 4.79 Å². The molecule has 8 heteroatoms. The predicted molar refractivity (Wildman–Crippen MR) is 78.8 cm³/mol. The minimum Gasteiger partial charge on any atom is -0.338 e. The molecular weight excluding hydrogens is 340 g/mol. The van der Waals surface area contributed by atoms with Crippen LogP contribution in [-0.4, -0.2) is 32.3 Å². The van der Waals surface area contributed by atoms with Crippen LogP contribution in [0.3, 0.4) is 0 Å². The van der Waals surface area contributed by atoms with Gasteiger partial charge in [-0.2, -0.15) is 0 Å². The van der Waals surface area contributed by atoms with E-state index in [1.807, 2.05) is 6.92 Å². The summed E-state index contributed by atoms with van der Waals surface area (Å²) in [5.74, 6) is -1.12. The zero-order chi connectivity index (χ0) is 15.8. The van der Waals surface area contributed by atoms with Crippen LogP contribution in [0.4, 0.5) is 4.39 Å². The van der Waals surface area contributed by atoms with Gasteiger partial charge in [0.05, 0.1) is 15.5 Å². The van der Waals surface area contributed by atoms with E-state index in [1.54, 1.807) is 4.90 Å². The Bertz CT molecular complexity index is 678. The number of piperidine rings is 1. The third-order valence-corrected chi connectivity index (χ3v) is 5.18. The molecule has 1 unspecified atom stereocenters. The fourth-order valence-electron chi connectivity index (χ4n) is 2.40. The number of benzene rings is 1. The highest BCUT2D eigenvalue weighted by atomic mass is 35.7. The molecule has 0 N–H and O–H groups in total. The maximum atomic E-state index is 13.7. The van der Waals surface area contributed by atoms with Crippen molar-refractivity contribution < 1.29 is 17.6 Å². The van der Waals surface area contributed by atoms with Gasteiger partial charge in [-0.1, -0.05) is 18.5 Å². The Morgan fingerprint density at radius 2 is 2.10 bits per heavy atom. The Kier molecular flexibility index (Phi) is 4.80.